The zero-order valence-corrected chi connectivity index (χ0v) is 15.2. The van der Waals surface area contributed by atoms with Gasteiger partial charge in [0.05, 0.1) is 5.69 Å². The standard InChI is InChI=1S/C20H15BrN2O3/c21-17-8-4-5-9-18(17)23-20(25)19(24)22-14-10-12-16(13-11-14)26-15-6-2-1-3-7-15/h1-13H,(H,22,24)(H,23,25). The molecule has 3 aromatic carbocycles. The number of hydrogen-bond donors (Lipinski definition) is 2. The van der Waals surface area contributed by atoms with Gasteiger partial charge in [-0.3, -0.25) is 9.59 Å². The van der Waals surface area contributed by atoms with Gasteiger partial charge in [0.25, 0.3) is 0 Å². The molecule has 0 radical (unpaired) electrons. The van der Waals surface area contributed by atoms with E-state index >= 15 is 0 Å². The first kappa shape index (κ1) is 17.7. The summed E-state index contributed by atoms with van der Waals surface area (Å²) in [5.41, 5.74) is 1.02. The summed E-state index contributed by atoms with van der Waals surface area (Å²) in [4.78, 5) is 24.0. The molecular weight excluding hydrogens is 396 g/mol. The molecule has 0 fully saturated rings. The van der Waals surface area contributed by atoms with Gasteiger partial charge in [-0.1, -0.05) is 30.3 Å². The number of hydrogen-bond acceptors (Lipinski definition) is 3. The van der Waals surface area contributed by atoms with Crippen molar-refractivity contribution in [2.45, 2.75) is 0 Å². The lowest BCUT2D eigenvalue weighted by Crippen LogP contribution is -2.29. The molecule has 0 bridgehead atoms. The van der Waals surface area contributed by atoms with Gasteiger partial charge in [-0.15, -0.1) is 0 Å². The highest BCUT2D eigenvalue weighted by molar-refractivity contribution is 9.10. The van der Waals surface area contributed by atoms with E-state index in [0.717, 1.165) is 5.75 Å². The van der Waals surface area contributed by atoms with E-state index in [4.69, 9.17) is 4.74 Å². The number of para-hydroxylation sites is 2. The van der Waals surface area contributed by atoms with Gasteiger partial charge in [-0.25, -0.2) is 0 Å². The van der Waals surface area contributed by atoms with E-state index in [1.807, 2.05) is 36.4 Å². The first-order valence-electron chi connectivity index (χ1n) is 7.81. The van der Waals surface area contributed by atoms with Crippen LogP contribution in [-0.2, 0) is 9.59 Å². The summed E-state index contributed by atoms with van der Waals surface area (Å²) in [6.45, 7) is 0. The van der Waals surface area contributed by atoms with Crippen molar-refractivity contribution in [2.24, 2.45) is 0 Å². The molecule has 0 aliphatic carbocycles. The monoisotopic (exact) mass is 410 g/mol. The molecule has 0 saturated carbocycles. The van der Waals surface area contributed by atoms with E-state index < -0.39 is 11.8 Å². The predicted octanol–water partition coefficient (Wildman–Crippen LogP) is 4.82. The van der Waals surface area contributed by atoms with Crippen LogP contribution in [0.25, 0.3) is 0 Å². The summed E-state index contributed by atoms with van der Waals surface area (Å²) >= 11 is 3.32. The first-order chi connectivity index (χ1) is 12.6. The van der Waals surface area contributed by atoms with Gasteiger partial charge < -0.3 is 15.4 Å². The van der Waals surface area contributed by atoms with Crippen LogP contribution in [0, 0.1) is 0 Å². The van der Waals surface area contributed by atoms with Crippen LogP contribution < -0.4 is 15.4 Å². The second kappa shape index (κ2) is 8.31. The molecule has 0 spiro atoms. The molecule has 0 aliphatic heterocycles. The number of nitrogens with one attached hydrogen (secondary N) is 2. The van der Waals surface area contributed by atoms with E-state index in [0.29, 0.717) is 21.6 Å². The molecule has 0 aromatic heterocycles. The molecule has 130 valence electrons. The predicted molar refractivity (Wildman–Crippen MR) is 104 cm³/mol. The zero-order valence-electron chi connectivity index (χ0n) is 13.6. The Labute approximate surface area is 159 Å². The Kier molecular flexibility index (Phi) is 5.66. The third kappa shape index (κ3) is 4.70. The maximum atomic E-state index is 12.0. The number of halogens is 1. The van der Waals surface area contributed by atoms with Crippen LogP contribution >= 0.6 is 15.9 Å². The summed E-state index contributed by atoms with van der Waals surface area (Å²) in [5.74, 6) is -0.150. The number of rotatable bonds is 4. The number of ether oxygens (including phenoxy) is 1. The number of benzene rings is 3. The quantitative estimate of drug-likeness (QED) is 0.605. The molecule has 6 heteroatoms. The topological polar surface area (TPSA) is 67.4 Å². The largest absolute Gasteiger partial charge is 0.457 e. The van der Waals surface area contributed by atoms with Crippen molar-refractivity contribution >= 4 is 39.1 Å². The van der Waals surface area contributed by atoms with Crippen LogP contribution in [0.5, 0.6) is 11.5 Å². The van der Waals surface area contributed by atoms with Crippen molar-refractivity contribution in [1.29, 1.82) is 0 Å². The third-order valence-corrected chi connectivity index (χ3v) is 4.11. The fraction of sp³-hybridized carbons (Fsp3) is 0. The molecule has 3 aromatic rings. The van der Waals surface area contributed by atoms with Crippen LogP contribution in [-0.4, -0.2) is 11.8 Å². The lowest BCUT2D eigenvalue weighted by Gasteiger charge is -2.09. The van der Waals surface area contributed by atoms with Gasteiger partial charge in [0.1, 0.15) is 11.5 Å². The highest BCUT2D eigenvalue weighted by Crippen LogP contribution is 2.23. The maximum absolute atomic E-state index is 12.0. The highest BCUT2D eigenvalue weighted by Gasteiger charge is 2.15. The molecule has 0 unspecified atom stereocenters. The van der Waals surface area contributed by atoms with E-state index in [2.05, 4.69) is 26.6 Å². The summed E-state index contributed by atoms with van der Waals surface area (Å²) in [6, 6.07) is 23.2. The number of carbonyl (C=O) groups is 2. The van der Waals surface area contributed by atoms with Crippen molar-refractivity contribution < 1.29 is 14.3 Å². The molecule has 5 nitrogen and oxygen atoms in total. The third-order valence-electron chi connectivity index (χ3n) is 3.42. The minimum absolute atomic E-state index is 0.498. The van der Waals surface area contributed by atoms with Crippen LogP contribution in [0.15, 0.2) is 83.3 Å². The Morgan fingerprint density at radius 2 is 1.27 bits per heavy atom. The van der Waals surface area contributed by atoms with Crippen LogP contribution in [0.3, 0.4) is 0 Å². The molecule has 0 atom stereocenters. The maximum Gasteiger partial charge on any atom is 0.314 e. The van der Waals surface area contributed by atoms with E-state index in [1.165, 1.54) is 0 Å². The van der Waals surface area contributed by atoms with Crippen LogP contribution in [0.1, 0.15) is 0 Å². The Balaban J connectivity index is 1.59. The number of anilines is 2. The average molecular weight is 411 g/mol. The Morgan fingerprint density at radius 1 is 0.692 bits per heavy atom. The fourth-order valence-corrected chi connectivity index (χ4v) is 2.54. The zero-order chi connectivity index (χ0) is 18.4. The minimum Gasteiger partial charge on any atom is -0.457 e. The molecular formula is C20H15BrN2O3. The summed E-state index contributed by atoms with van der Waals surface area (Å²) in [5, 5.41) is 5.10. The SMILES string of the molecule is O=C(Nc1ccc(Oc2ccccc2)cc1)C(=O)Nc1ccccc1Br. The normalized spacial score (nSPS) is 10.0. The molecule has 0 heterocycles. The fourth-order valence-electron chi connectivity index (χ4n) is 2.16. The van der Waals surface area contributed by atoms with Crippen molar-refractivity contribution in [2.75, 3.05) is 10.6 Å². The van der Waals surface area contributed by atoms with Crippen LogP contribution in [0.4, 0.5) is 11.4 Å². The summed E-state index contributed by atoms with van der Waals surface area (Å²) in [6.07, 6.45) is 0. The summed E-state index contributed by atoms with van der Waals surface area (Å²) in [7, 11) is 0. The van der Waals surface area contributed by atoms with Crippen molar-refractivity contribution in [3.63, 3.8) is 0 Å². The molecule has 2 N–H and O–H groups in total. The lowest BCUT2D eigenvalue weighted by atomic mass is 10.3. The van der Waals surface area contributed by atoms with Gasteiger partial charge in [0.2, 0.25) is 0 Å². The smallest absolute Gasteiger partial charge is 0.314 e. The van der Waals surface area contributed by atoms with Gasteiger partial charge >= 0.3 is 11.8 Å². The highest BCUT2D eigenvalue weighted by atomic mass is 79.9. The van der Waals surface area contributed by atoms with E-state index in [-0.39, 0.29) is 0 Å². The van der Waals surface area contributed by atoms with Crippen LogP contribution in [0.2, 0.25) is 0 Å². The van der Waals surface area contributed by atoms with E-state index in [9.17, 15) is 9.59 Å². The minimum atomic E-state index is -0.752. The van der Waals surface area contributed by atoms with Gasteiger partial charge in [0, 0.05) is 10.2 Å². The van der Waals surface area contributed by atoms with Crippen molar-refractivity contribution in [3.05, 3.63) is 83.3 Å². The molecule has 0 saturated heterocycles. The number of carbonyl (C=O) groups excluding carboxylic acids is 2. The lowest BCUT2D eigenvalue weighted by molar-refractivity contribution is -0.133. The molecule has 0 aliphatic rings. The number of amides is 2. The van der Waals surface area contributed by atoms with Gasteiger partial charge in [0.15, 0.2) is 0 Å². The second-order valence-electron chi connectivity index (χ2n) is 5.33. The van der Waals surface area contributed by atoms with Crippen molar-refractivity contribution in [3.8, 4) is 11.5 Å². The second-order valence-corrected chi connectivity index (χ2v) is 6.18. The summed E-state index contributed by atoms with van der Waals surface area (Å²) < 4.78 is 6.38. The van der Waals surface area contributed by atoms with Crippen molar-refractivity contribution in [1.82, 2.24) is 0 Å². The Morgan fingerprint density at radius 3 is 1.96 bits per heavy atom. The first-order valence-corrected chi connectivity index (χ1v) is 8.61. The average Bonchev–Trinajstić information content (AvgIpc) is 2.66. The Hall–Kier alpha value is -3.12. The van der Waals surface area contributed by atoms with Gasteiger partial charge in [-0.2, -0.15) is 0 Å². The molecule has 2 amide bonds. The Bertz CT molecular complexity index is 912. The molecule has 3 rings (SSSR count). The van der Waals surface area contributed by atoms with E-state index in [1.54, 1.807) is 42.5 Å². The van der Waals surface area contributed by atoms with Gasteiger partial charge in [-0.05, 0) is 64.5 Å². The molecule has 26 heavy (non-hydrogen) atoms.